The van der Waals surface area contributed by atoms with Gasteiger partial charge in [-0.2, -0.15) is 0 Å². The standard InChI is InChI=1S/C25H24Cl2N4O4S2.ClH/c1-30(2)14-15-31(25-28-22-21(35-3)13-12-19(27)23(22)36-25)24(32)18-6-4-5-7-20(18)29-37(33,34)17-10-8-16(26)9-11-17;/h4-13,29H,14-15H2,1-3H3;1H. The van der Waals surface area contributed by atoms with Crippen LogP contribution in [0.25, 0.3) is 10.2 Å². The minimum atomic E-state index is -3.97. The van der Waals surface area contributed by atoms with E-state index in [2.05, 4.69) is 9.71 Å². The van der Waals surface area contributed by atoms with Crippen molar-refractivity contribution < 1.29 is 17.9 Å². The van der Waals surface area contributed by atoms with Gasteiger partial charge >= 0.3 is 0 Å². The van der Waals surface area contributed by atoms with Gasteiger partial charge in [-0.15, -0.1) is 12.4 Å². The average molecular weight is 616 g/mol. The number of hydrogen-bond acceptors (Lipinski definition) is 7. The number of rotatable bonds is 9. The van der Waals surface area contributed by atoms with Crippen LogP contribution in [0.5, 0.6) is 5.75 Å². The quantitative estimate of drug-likeness (QED) is 0.247. The topological polar surface area (TPSA) is 91.8 Å². The molecule has 0 atom stereocenters. The molecule has 4 aromatic rings. The van der Waals surface area contributed by atoms with Crippen LogP contribution in [0.2, 0.25) is 10.0 Å². The molecule has 0 saturated heterocycles. The number of fused-ring (bicyclic) bond motifs is 1. The molecule has 0 fully saturated rings. The van der Waals surface area contributed by atoms with Gasteiger partial charge in [0.15, 0.2) is 5.13 Å². The number of likely N-dealkylation sites (N-methyl/N-ethyl adjacent to an activating group) is 1. The Morgan fingerprint density at radius 3 is 2.37 bits per heavy atom. The molecule has 0 radical (unpaired) electrons. The smallest absolute Gasteiger partial charge is 0.262 e. The summed E-state index contributed by atoms with van der Waals surface area (Å²) >= 11 is 13.6. The van der Waals surface area contributed by atoms with Gasteiger partial charge in [0.25, 0.3) is 15.9 Å². The van der Waals surface area contributed by atoms with E-state index in [1.54, 1.807) is 43.5 Å². The third kappa shape index (κ3) is 6.51. The average Bonchev–Trinajstić information content (AvgIpc) is 3.30. The number of amides is 1. The van der Waals surface area contributed by atoms with E-state index in [-0.39, 0.29) is 28.6 Å². The molecular formula is C25H25Cl3N4O4S2. The Bertz CT molecular complexity index is 1540. The number of aromatic nitrogens is 1. The summed E-state index contributed by atoms with van der Waals surface area (Å²) in [6.45, 7) is 0.856. The van der Waals surface area contributed by atoms with Crippen molar-refractivity contribution in [2.75, 3.05) is 43.9 Å². The Morgan fingerprint density at radius 1 is 1.03 bits per heavy atom. The SMILES string of the molecule is COc1ccc(Cl)c2sc(N(CCN(C)C)C(=O)c3ccccc3NS(=O)(=O)c3ccc(Cl)cc3)nc12.Cl. The fourth-order valence-electron chi connectivity index (χ4n) is 3.53. The number of para-hydroxylation sites is 1. The normalized spacial score (nSPS) is 11.3. The highest BCUT2D eigenvalue weighted by Gasteiger charge is 2.26. The number of halogens is 3. The molecule has 0 bridgehead atoms. The Morgan fingerprint density at radius 2 is 1.71 bits per heavy atom. The largest absolute Gasteiger partial charge is 0.494 e. The number of sulfonamides is 1. The Kier molecular flexibility index (Phi) is 9.85. The van der Waals surface area contributed by atoms with Gasteiger partial charge < -0.3 is 9.64 Å². The third-order valence-electron chi connectivity index (χ3n) is 5.44. The van der Waals surface area contributed by atoms with Crippen molar-refractivity contribution >= 4 is 83.9 Å². The minimum Gasteiger partial charge on any atom is -0.494 e. The second-order valence-electron chi connectivity index (χ2n) is 8.29. The highest BCUT2D eigenvalue weighted by Crippen LogP contribution is 2.39. The molecule has 0 aliphatic rings. The molecule has 0 aliphatic heterocycles. The van der Waals surface area contributed by atoms with Gasteiger partial charge in [-0.1, -0.05) is 46.7 Å². The lowest BCUT2D eigenvalue weighted by atomic mass is 10.1. The van der Waals surface area contributed by atoms with E-state index in [1.807, 2.05) is 19.0 Å². The van der Waals surface area contributed by atoms with Gasteiger partial charge in [-0.3, -0.25) is 14.4 Å². The molecule has 0 saturated carbocycles. The number of carbonyl (C=O) groups is 1. The maximum absolute atomic E-state index is 13.9. The molecule has 8 nitrogen and oxygen atoms in total. The molecule has 0 aliphatic carbocycles. The van der Waals surface area contributed by atoms with Crippen LogP contribution in [0, 0.1) is 0 Å². The van der Waals surface area contributed by atoms with Crippen LogP contribution in [-0.2, 0) is 10.0 Å². The van der Waals surface area contributed by atoms with Crippen molar-refractivity contribution in [3.05, 3.63) is 76.3 Å². The second-order valence-corrected chi connectivity index (χ2v) is 11.8. The zero-order valence-corrected chi connectivity index (χ0v) is 24.6. The lowest BCUT2D eigenvalue weighted by Crippen LogP contribution is -2.37. The lowest BCUT2D eigenvalue weighted by Gasteiger charge is -2.23. The molecule has 0 unspecified atom stereocenters. The van der Waals surface area contributed by atoms with Crippen LogP contribution < -0.4 is 14.4 Å². The summed E-state index contributed by atoms with van der Waals surface area (Å²) in [5.74, 6) is 0.128. The molecule has 0 spiro atoms. The monoisotopic (exact) mass is 614 g/mol. The number of thiazole rings is 1. The summed E-state index contributed by atoms with van der Waals surface area (Å²) in [6, 6.07) is 15.7. The number of benzene rings is 3. The third-order valence-corrected chi connectivity index (χ3v) is 8.61. The molecule has 202 valence electrons. The van der Waals surface area contributed by atoms with Crippen molar-refractivity contribution in [3.8, 4) is 5.75 Å². The van der Waals surface area contributed by atoms with Gasteiger partial charge in [-0.05, 0) is 62.6 Å². The van der Waals surface area contributed by atoms with Gasteiger partial charge in [0, 0.05) is 18.1 Å². The molecular weight excluding hydrogens is 591 g/mol. The number of methoxy groups -OCH3 is 1. The summed E-state index contributed by atoms with van der Waals surface area (Å²) in [7, 11) is 1.37. The van der Waals surface area contributed by atoms with Crippen LogP contribution in [0.15, 0.2) is 65.6 Å². The Balaban J connectivity index is 0.00000400. The number of nitrogens with zero attached hydrogens (tertiary/aromatic N) is 3. The predicted molar refractivity (Wildman–Crippen MR) is 157 cm³/mol. The van der Waals surface area contributed by atoms with E-state index in [1.165, 1.54) is 40.5 Å². The number of anilines is 2. The Labute approximate surface area is 241 Å². The molecule has 1 heterocycles. The van der Waals surface area contributed by atoms with Crippen LogP contribution in [-0.4, -0.2) is 58.5 Å². The fourth-order valence-corrected chi connectivity index (χ4v) is 6.01. The minimum absolute atomic E-state index is 0. The van der Waals surface area contributed by atoms with Crippen LogP contribution >= 0.6 is 46.9 Å². The molecule has 1 amide bonds. The summed E-state index contributed by atoms with van der Waals surface area (Å²) in [5, 5.41) is 1.33. The van der Waals surface area contributed by atoms with Crippen LogP contribution in [0.4, 0.5) is 10.8 Å². The van der Waals surface area contributed by atoms with E-state index in [9.17, 15) is 13.2 Å². The molecule has 1 N–H and O–H groups in total. The first-order valence-corrected chi connectivity index (χ1v) is 14.1. The molecule has 13 heteroatoms. The van der Waals surface area contributed by atoms with Crippen molar-refractivity contribution in [1.29, 1.82) is 0 Å². The zero-order chi connectivity index (χ0) is 26.7. The van der Waals surface area contributed by atoms with E-state index < -0.39 is 15.9 Å². The summed E-state index contributed by atoms with van der Waals surface area (Å²) in [4.78, 5) is 22.1. The van der Waals surface area contributed by atoms with Crippen LogP contribution in [0.1, 0.15) is 10.4 Å². The van der Waals surface area contributed by atoms with E-state index in [0.29, 0.717) is 44.2 Å². The molecule has 38 heavy (non-hydrogen) atoms. The van der Waals surface area contributed by atoms with Crippen molar-refractivity contribution in [2.45, 2.75) is 4.90 Å². The first kappa shape index (κ1) is 29.9. The first-order chi connectivity index (χ1) is 17.6. The highest BCUT2D eigenvalue weighted by atomic mass is 35.5. The van der Waals surface area contributed by atoms with E-state index >= 15 is 0 Å². The van der Waals surface area contributed by atoms with Crippen LogP contribution in [0.3, 0.4) is 0 Å². The van der Waals surface area contributed by atoms with Crippen molar-refractivity contribution in [3.63, 3.8) is 0 Å². The van der Waals surface area contributed by atoms with E-state index in [0.717, 1.165) is 0 Å². The van der Waals surface area contributed by atoms with Gasteiger partial charge in [0.05, 0.1) is 33.0 Å². The number of nitrogens with one attached hydrogen (secondary N) is 1. The summed E-state index contributed by atoms with van der Waals surface area (Å²) < 4.78 is 34.7. The van der Waals surface area contributed by atoms with Gasteiger partial charge in [0.1, 0.15) is 11.3 Å². The van der Waals surface area contributed by atoms with E-state index in [4.69, 9.17) is 27.9 Å². The first-order valence-electron chi connectivity index (χ1n) is 11.1. The van der Waals surface area contributed by atoms with Gasteiger partial charge in [0.2, 0.25) is 0 Å². The van der Waals surface area contributed by atoms with Crippen molar-refractivity contribution in [1.82, 2.24) is 9.88 Å². The number of carbonyl (C=O) groups excluding carboxylic acids is 1. The highest BCUT2D eigenvalue weighted by molar-refractivity contribution is 7.92. The summed E-state index contributed by atoms with van der Waals surface area (Å²) in [6.07, 6.45) is 0. The summed E-state index contributed by atoms with van der Waals surface area (Å²) in [5.41, 5.74) is 0.875. The molecule has 4 rings (SSSR count). The maximum Gasteiger partial charge on any atom is 0.262 e. The number of ether oxygens (including phenoxy) is 1. The zero-order valence-electron chi connectivity index (χ0n) is 20.6. The predicted octanol–water partition coefficient (Wildman–Crippen LogP) is 6.04. The molecule has 3 aromatic carbocycles. The van der Waals surface area contributed by atoms with Gasteiger partial charge in [-0.25, -0.2) is 13.4 Å². The van der Waals surface area contributed by atoms with Crippen molar-refractivity contribution in [2.24, 2.45) is 0 Å². The lowest BCUT2D eigenvalue weighted by molar-refractivity contribution is 0.0986. The fraction of sp³-hybridized carbons (Fsp3) is 0.200. The Hall–Kier alpha value is -2.60. The number of hydrogen-bond donors (Lipinski definition) is 1. The maximum atomic E-state index is 13.9. The second kappa shape index (κ2) is 12.5. The molecule has 1 aromatic heterocycles.